The zero-order valence-corrected chi connectivity index (χ0v) is 11.9. The lowest BCUT2D eigenvalue weighted by molar-refractivity contribution is -0.0459. The van der Waals surface area contributed by atoms with Gasteiger partial charge in [-0.15, -0.1) is 0 Å². The molecule has 1 N–H and O–H groups in total. The number of nitrogens with zero attached hydrogens (tertiary/aromatic N) is 1. The second-order valence-corrected chi connectivity index (χ2v) is 6.48. The Kier molecular flexibility index (Phi) is 3.74. The minimum absolute atomic E-state index is 0.0739. The van der Waals surface area contributed by atoms with Crippen molar-refractivity contribution in [1.29, 1.82) is 0 Å². The van der Waals surface area contributed by atoms with Gasteiger partial charge in [-0.3, -0.25) is 4.90 Å². The van der Waals surface area contributed by atoms with Gasteiger partial charge in [-0.2, -0.15) is 0 Å². The van der Waals surface area contributed by atoms with Gasteiger partial charge in [0.25, 0.3) is 0 Å². The lowest BCUT2D eigenvalue weighted by Gasteiger charge is -2.37. The van der Waals surface area contributed by atoms with Crippen molar-refractivity contribution in [3.8, 4) is 0 Å². The van der Waals surface area contributed by atoms with Crippen LogP contribution in [0.25, 0.3) is 0 Å². The number of hydrogen-bond donors (Lipinski definition) is 1. The van der Waals surface area contributed by atoms with Gasteiger partial charge in [0.05, 0.1) is 5.60 Å². The minimum atomic E-state index is -1.70. The third-order valence-corrected chi connectivity index (χ3v) is 4.86. The van der Waals surface area contributed by atoms with Crippen LogP contribution in [0.4, 0.5) is 13.2 Å². The quantitative estimate of drug-likeness (QED) is 0.923. The monoisotopic (exact) mass is 299 g/mol. The normalized spacial score (nSPS) is 28.6. The summed E-state index contributed by atoms with van der Waals surface area (Å²) in [5.74, 6) is -1.49. The predicted octanol–water partition coefficient (Wildman–Crippen LogP) is 3.14. The van der Waals surface area contributed by atoms with E-state index < -0.39 is 22.9 Å². The molecule has 1 saturated carbocycles. The summed E-state index contributed by atoms with van der Waals surface area (Å²) in [7, 11) is 0. The average molecular weight is 299 g/mol. The molecular weight excluding hydrogens is 279 g/mol. The van der Waals surface area contributed by atoms with Crippen LogP contribution in [0.15, 0.2) is 18.2 Å². The predicted molar refractivity (Wildman–Crippen MR) is 73.6 cm³/mol. The highest BCUT2D eigenvalue weighted by atomic mass is 19.1. The molecule has 0 radical (unpaired) electrons. The van der Waals surface area contributed by atoms with E-state index in [0.717, 1.165) is 37.5 Å². The first-order chi connectivity index (χ1) is 9.89. The highest BCUT2D eigenvalue weighted by Crippen LogP contribution is 2.39. The molecule has 1 saturated heterocycles. The first kappa shape index (κ1) is 14.9. The van der Waals surface area contributed by atoms with Gasteiger partial charge in [0, 0.05) is 25.7 Å². The maximum Gasteiger partial charge on any atom is 0.150 e. The standard InChI is InChI=1S/C16H20F3NO/c17-13-8-12(9-14(18)10-13)16(19)5-7-20(11-16)6-4-15(21)2-1-3-15/h8-10,21H,1-7,11H2. The van der Waals surface area contributed by atoms with Crippen LogP contribution in [0.2, 0.25) is 0 Å². The molecule has 21 heavy (non-hydrogen) atoms. The molecule has 2 aliphatic rings. The fourth-order valence-corrected chi connectivity index (χ4v) is 3.29. The van der Waals surface area contributed by atoms with Crippen LogP contribution >= 0.6 is 0 Å². The summed E-state index contributed by atoms with van der Waals surface area (Å²) >= 11 is 0. The van der Waals surface area contributed by atoms with Crippen molar-refractivity contribution in [1.82, 2.24) is 4.90 Å². The molecule has 3 rings (SSSR count). The summed E-state index contributed by atoms with van der Waals surface area (Å²) in [4.78, 5) is 1.93. The number of benzene rings is 1. The van der Waals surface area contributed by atoms with Crippen molar-refractivity contribution in [2.45, 2.75) is 43.4 Å². The second-order valence-electron chi connectivity index (χ2n) is 6.48. The van der Waals surface area contributed by atoms with Crippen LogP contribution in [-0.2, 0) is 5.67 Å². The highest BCUT2D eigenvalue weighted by molar-refractivity contribution is 5.26. The number of aliphatic hydroxyl groups is 1. The first-order valence-electron chi connectivity index (χ1n) is 7.49. The van der Waals surface area contributed by atoms with Crippen molar-refractivity contribution in [3.63, 3.8) is 0 Å². The van der Waals surface area contributed by atoms with Crippen LogP contribution in [0.3, 0.4) is 0 Å². The van der Waals surface area contributed by atoms with Crippen molar-refractivity contribution in [2.24, 2.45) is 0 Å². The lowest BCUT2D eigenvalue weighted by Crippen LogP contribution is -2.40. The van der Waals surface area contributed by atoms with E-state index in [1.165, 1.54) is 0 Å². The molecule has 2 fully saturated rings. The summed E-state index contributed by atoms with van der Waals surface area (Å²) in [6.07, 6.45) is 3.55. The molecule has 116 valence electrons. The minimum Gasteiger partial charge on any atom is -0.390 e. The molecule has 2 nitrogen and oxygen atoms in total. The summed E-state index contributed by atoms with van der Waals surface area (Å²) in [6.45, 7) is 1.30. The molecule has 1 unspecified atom stereocenters. The fourth-order valence-electron chi connectivity index (χ4n) is 3.29. The van der Waals surface area contributed by atoms with E-state index in [4.69, 9.17) is 0 Å². The molecule has 0 aromatic heterocycles. The Balaban J connectivity index is 1.64. The van der Waals surface area contributed by atoms with Crippen LogP contribution in [0.5, 0.6) is 0 Å². The molecule has 1 aromatic carbocycles. The first-order valence-corrected chi connectivity index (χ1v) is 7.49. The maximum atomic E-state index is 14.9. The highest BCUT2D eigenvalue weighted by Gasteiger charge is 2.42. The SMILES string of the molecule is OC1(CCN2CCC(F)(c3cc(F)cc(F)c3)C2)CCC1. The van der Waals surface area contributed by atoms with Gasteiger partial charge in [0.1, 0.15) is 17.3 Å². The summed E-state index contributed by atoms with van der Waals surface area (Å²) in [6, 6.07) is 2.91. The largest absolute Gasteiger partial charge is 0.390 e. The maximum absolute atomic E-state index is 14.9. The number of alkyl halides is 1. The Morgan fingerprint density at radius 2 is 1.76 bits per heavy atom. The molecular formula is C16H20F3NO. The number of halogens is 3. The van der Waals surface area contributed by atoms with Gasteiger partial charge in [0.2, 0.25) is 0 Å². The van der Waals surface area contributed by atoms with Crippen LogP contribution < -0.4 is 0 Å². The number of rotatable bonds is 4. The molecule has 0 amide bonds. The van der Waals surface area contributed by atoms with E-state index in [0.29, 0.717) is 19.5 Å². The summed E-state index contributed by atoms with van der Waals surface area (Å²) in [5.41, 5.74) is -2.21. The number of hydrogen-bond acceptors (Lipinski definition) is 2. The average Bonchev–Trinajstić information content (AvgIpc) is 2.76. The Morgan fingerprint density at radius 1 is 1.10 bits per heavy atom. The van der Waals surface area contributed by atoms with Gasteiger partial charge in [0.15, 0.2) is 0 Å². The topological polar surface area (TPSA) is 23.5 Å². The van der Waals surface area contributed by atoms with Crippen LogP contribution in [0, 0.1) is 11.6 Å². The molecule has 1 aliphatic carbocycles. The molecule has 0 spiro atoms. The smallest absolute Gasteiger partial charge is 0.150 e. The van der Waals surface area contributed by atoms with Gasteiger partial charge >= 0.3 is 0 Å². The van der Waals surface area contributed by atoms with E-state index >= 15 is 0 Å². The Bertz CT molecular complexity index is 512. The Labute approximate surface area is 122 Å². The van der Waals surface area contributed by atoms with E-state index in [-0.39, 0.29) is 18.5 Å². The Hall–Kier alpha value is -1.07. The van der Waals surface area contributed by atoms with Crippen molar-refractivity contribution in [2.75, 3.05) is 19.6 Å². The van der Waals surface area contributed by atoms with Gasteiger partial charge in [-0.05, 0) is 49.8 Å². The van der Waals surface area contributed by atoms with E-state index in [1.54, 1.807) is 0 Å². The van der Waals surface area contributed by atoms with Crippen molar-refractivity contribution in [3.05, 3.63) is 35.4 Å². The molecule has 1 heterocycles. The van der Waals surface area contributed by atoms with Crippen LogP contribution in [-0.4, -0.2) is 35.2 Å². The Morgan fingerprint density at radius 3 is 2.33 bits per heavy atom. The lowest BCUT2D eigenvalue weighted by atomic mass is 9.78. The van der Waals surface area contributed by atoms with E-state index in [2.05, 4.69) is 0 Å². The number of likely N-dealkylation sites (tertiary alicyclic amines) is 1. The van der Waals surface area contributed by atoms with E-state index in [1.807, 2.05) is 4.90 Å². The zero-order chi connectivity index (χ0) is 15.1. The zero-order valence-electron chi connectivity index (χ0n) is 11.9. The molecule has 1 atom stereocenters. The van der Waals surface area contributed by atoms with Crippen LogP contribution in [0.1, 0.15) is 37.7 Å². The third kappa shape index (κ3) is 3.09. The summed E-state index contributed by atoms with van der Waals surface area (Å²) < 4.78 is 41.4. The van der Waals surface area contributed by atoms with Gasteiger partial charge in [-0.25, -0.2) is 13.2 Å². The second kappa shape index (κ2) is 5.29. The molecule has 1 aliphatic heterocycles. The molecule has 0 bridgehead atoms. The van der Waals surface area contributed by atoms with E-state index in [9.17, 15) is 18.3 Å². The fraction of sp³-hybridized carbons (Fsp3) is 0.625. The van der Waals surface area contributed by atoms with Gasteiger partial charge in [-0.1, -0.05) is 0 Å². The van der Waals surface area contributed by atoms with Crippen molar-refractivity contribution < 1.29 is 18.3 Å². The molecule has 1 aromatic rings. The molecule has 5 heteroatoms. The summed E-state index contributed by atoms with van der Waals surface area (Å²) in [5, 5.41) is 10.1. The van der Waals surface area contributed by atoms with Gasteiger partial charge < -0.3 is 5.11 Å². The van der Waals surface area contributed by atoms with Crippen molar-refractivity contribution >= 4 is 0 Å². The third-order valence-electron chi connectivity index (χ3n) is 4.86.